The second kappa shape index (κ2) is 6.29. The fourth-order valence-electron chi connectivity index (χ4n) is 2.19. The maximum atomic E-state index is 12.3. The van der Waals surface area contributed by atoms with Crippen LogP contribution in [0.15, 0.2) is 35.1 Å². The third kappa shape index (κ3) is 3.29. The van der Waals surface area contributed by atoms with Crippen LogP contribution in [0.25, 0.3) is 10.2 Å². The van der Waals surface area contributed by atoms with Gasteiger partial charge < -0.3 is 0 Å². The number of carbonyl (C=O) groups is 1. The van der Waals surface area contributed by atoms with Crippen molar-refractivity contribution < 1.29 is 4.79 Å². The van der Waals surface area contributed by atoms with Crippen LogP contribution in [0, 0.1) is 6.92 Å². The number of nitrogens with one attached hydrogen (secondary N) is 1. The first-order valence-corrected chi connectivity index (χ1v) is 8.15. The maximum Gasteiger partial charge on any atom is 0.277 e. The highest BCUT2D eigenvalue weighted by Crippen LogP contribution is 2.26. The number of thiazole rings is 1. The standard InChI is InChI=1S/C16H16N4O2S/c1-3-8-20-14(21)7-6-12(19-20)15(22)18-16-17-11-5-4-10(2)9-13(11)23-16/h4-7,9H,3,8H2,1-2H3,(H,17,18,22). The van der Waals surface area contributed by atoms with Crippen LogP contribution in [0.3, 0.4) is 0 Å². The van der Waals surface area contributed by atoms with Crippen molar-refractivity contribution in [2.24, 2.45) is 0 Å². The Hall–Kier alpha value is -2.54. The summed E-state index contributed by atoms with van der Waals surface area (Å²) in [5, 5.41) is 7.36. The first-order chi connectivity index (χ1) is 11.1. The van der Waals surface area contributed by atoms with Gasteiger partial charge in [0.2, 0.25) is 0 Å². The number of benzene rings is 1. The first-order valence-electron chi connectivity index (χ1n) is 7.33. The van der Waals surface area contributed by atoms with Crippen molar-refractivity contribution in [3.63, 3.8) is 0 Å². The van der Waals surface area contributed by atoms with Gasteiger partial charge in [-0.05, 0) is 37.1 Å². The Bertz CT molecular complexity index is 929. The molecule has 3 rings (SSSR count). The molecule has 1 aromatic carbocycles. The molecule has 118 valence electrons. The molecule has 0 atom stereocenters. The third-order valence-electron chi connectivity index (χ3n) is 3.30. The predicted molar refractivity (Wildman–Crippen MR) is 91.1 cm³/mol. The number of nitrogens with zero attached hydrogens (tertiary/aromatic N) is 3. The van der Waals surface area contributed by atoms with Crippen molar-refractivity contribution >= 4 is 32.6 Å². The van der Waals surface area contributed by atoms with E-state index in [9.17, 15) is 9.59 Å². The van der Waals surface area contributed by atoms with Crippen molar-refractivity contribution in [3.05, 3.63) is 51.9 Å². The van der Waals surface area contributed by atoms with Gasteiger partial charge in [-0.15, -0.1) is 0 Å². The molecule has 2 heterocycles. The van der Waals surface area contributed by atoms with Crippen LogP contribution in [-0.2, 0) is 6.54 Å². The van der Waals surface area contributed by atoms with Crippen LogP contribution in [0.2, 0.25) is 0 Å². The van der Waals surface area contributed by atoms with Gasteiger partial charge in [0.25, 0.3) is 11.5 Å². The number of amides is 1. The fraction of sp³-hybridized carbons (Fsp3) is 0.250. The predicted octanol–water partition coefficient (Wildman–Crippen LogP) is 2.82. The summed E-state index contributed by atoms with van der Waals surface area (Å²) in [7, 11) is 0. The SMILES string of the molecule is CCCn1nc(C(=O)Nc2nc3ccc(C)cc3s2)ccc1=O. The molecule has 0 spiro atoms. The normalized spacial score (nSPS) is 10.9. The van der Waals surface area contributed by atoms with Crippen LogP contribution in [0.5, 0.6) is 0 Å². The minimum Gasteiger partial charge on any atom is -0.296 e. The Morgan fingerprint density at radius 2 is 2.13 bits per heavy atom. The van der Waals surface area contributed by atoms with Gasteiger partial charge in [0.05, 0.1) is 10.2 Å². The number of hydrogen-bond acceptors (Lipinski definition) is 5. The lowest BCUT2D eigenvalue weighted by molar-refractivity contribution is 0.102. The van der Waals surface area contributed by atoms with E-state index in [1.165, 1.54) is 28.2 Å². The number of carbonyl (C=O) groups excluding carboxylic acids is 1. The average Bonchev–Trinajstić information content (AvgIpc) is 2.90. The molecule has 0 saturated carbocycles. The Labute approximate surface area is 136 Å². The monoisotopic (exact) mass is 328 g/mol. The van der Waals surface area contributed by atoms with E-state index >= 15 is 0 Å². The summed E-state index contributed by atoms with van der Waals surface area (Å²) in [6.45, 7) is 4.45. The van der Waals surface area contributed by atoms with Gasteiger partial charge in [-0.3, -0.25) is 14.9 Å². The van der Waals surface area contributed by atoms with Crippen molar-refractivity contribution in [1.82, 2.24) is 14.8 Å². The maximum absolute atomic E-state index is 12.3. The van der Waals surface area contributed by atoms with Gasteiger partial charge in [0.15, 0.2) is 5.13 Å². The quantitative estimate of drug-likeness (QED) is 0.799. The molecule has 0 aliphatic carbocycles. The van der Waals surface area contributed by atoms with E-state index in [4.69, 9.17) is 0 Å². The summed E-state index contributed by atoms with van der Waals surface area (Å²) in [5.41, 5.74) is 1.99. The van der Waals surface area contributed by atoms with Gasteiger partial charge in [0.1, 0.15) is 5.69 Å². The van der Waals surface area contributed by atoms with Gasteiger partial charge >= 0.3 is 0 Å². The average molecular weight is 328 g/mol. The molecule has 1 amide bonds. The number of anilines is 1. The zero-order chi connectivity index (χ0) is 16.4. The van der Waals surface area contributed by atoms with E-state index in [-0.39, 0.29) is 17.2 Å². The number of rotatable bonds is 4. The van der Waals surface area contributed by atoms with Gasteiger partial charge in [0, 0.05) is 12.6 Å². The van der Waals surface area contributed by atoms with Crippen LogP contribution in [-0.4, -0.2) is 20.7 Å². The van der Waals surface area contributed by atoms with Gasteiger partial charge in [-0.25, -0.2) is 9.67 Å². The minimum absolute atomic E-state index is 0.202. The molecule has 7 heteroatoms. The topological polar surface area (TPSA) is 76.9 Å². The van der Waals surface area contributed by atoms with Gasteiger partial charge in [-0.1, -0.05) is 24.3 Å². The third-order valence-corrected chi connectivity index (χ3v) is 4.23. The minimum atomic E-state index is -0.370. The molecular weight excluding hydrogens is 312 g/mol. The lowest BCUT2D eigenvalue weighted by atomic mass is 10.2. The second-order valence-electron chi connectivity index (χ2n) is 5.22. The van der Waals surface area contributed by atoms with Crippen molar-refractivity contribution in [2.45, 2.75) is 26.8 Å². The zero-order valence-electron chi connectivity index (χ0n) is 12.9. The number of hydrogen-bond donors (Lipinski definition) is 1. The first kappa shape index (κ1) is 15.4. The molecule has 0 saturated heterocycles. The summed E-state index contributed by atoms with van der Waals surface area (Å²) in [6.07, 6.45) is 0.773. The summed E-state index contributed by atoms with van der Waals surface area (Å²) in [5.74, 6) is -0.370. The molecule has 0 radical (unpaired) electrons. The van der Waals surface area contributed by atoms with E-state index in [0.29, 0.717) is 11.7 Å². The molecule has 6 nitrogen and oxygen atoms in total. The lowest BCUT2D eigenvalue weighted by Crippen LogP contribution is -2.26. The molecule has 0 unspecified atom stereocenters. The highest BCUT2D eigenvalue weighted by Gasteiger charge is 2.12. The lowest BCUT2D eigenvalue weighted by Gasteiger charge is -2.05. The van der Waals surface area contributed by atoms with Gasteiger partial charge in [-0.2, -0.15) is 5.10 Å². The molecule has 0 bridgehead atoms. The number of fused-ring (bicyclic) bond motifs is 1. The summed E-state index contributed by atoms with van der Waals surface area (Å²) in [6, 6.07) is 8.73. The van der Waals surface area contributed by atoms with E-state index in [1.807, 2.05) is 32.0 Å². The molecular formula is C16H16N4O2S. The zero-order valence-corrected chi connectivity index (χ0v) is 13.7. The number of aryl methyl sites for hydroxylation is 2. The van der Waals surface area contributed by atoms with Crippen molar-refractivity contribution in [3.8, 4) is 0 Å². The van der Waals surface area contributed by atoms with Crippen molar-refractivity contribution in [2.75, 3.05) is 5.32 Å². The number of aromatic nitrogens is 3. The Morgan fingerprint density at radius 3 is 2.91 bits per heavy atom. The highest BCUT2D eigenvalue weighted by atomic mass is 32.1. The van der Waals surface area contributed by atoms with Crippen LogP contribution < -0.4 is 10.9 Å². The Balaban J connectivity index is 1.85. The molecule has 2 aromatic heterocycles. The molecule has 3 aromatic rings. The molecule has 0 fully saturated rings. The Morgan fingerprint density at radius 1 is 1.30 bits per heavy atom. The molecule has 0 aliphatic rings. The summed E-state index contributed by atoms with van der Waals surface area (Å²) >= 11 is 1.41. The van der Waals surface area contributed by atoms with Crippen LogP contribution >= 0.6 is 11.3 Å². The van der Waals surface area contributed by atoms with E-state index in [2.05, 4.69) is 15.4 Å². The van der Waals surface area contributed by atoms with E-state index < -0.39 is 0 Å². The smallest absolute Gasteiger partial charge is 0.277 e. The highest BCUT2D eigenvalue weighted by molar-refractivity contribution is 7.22. The summed E-state index contributed by atoms with van der Waals surface area (Å²) < 4.78 is 2.32. The van der Waals surface area contributed by atoms with Crippen LogP contribution in [0.1, 0.15) is 29.4 Å². The van der Waals surface area contributed by atoms with Crippen LogP contribution in [0.4, 0.5) is 5.13 Å². The second-order valence-corrected chi connectivity index (χ2v) is 6.25. The van der Waals surface area contributed by atoms with E-state index in [0.717, 1.165) is 22.2 Å². The van der Waals surface area contributed by atoms with Crippen molar-refractivity contribution in [1.29, 1.82) is 0 Å². The Kier molecular flexibility index (Phi) is 4.20. The largest absolute Gasteiger partial charge is 0.296 e. The molecule has 23 heavy (non-hydrogen) atoms. The summed E-state index contributed by atoms with van der Waals surface area (Å²) in [4.78, 5) is 28.3. The molecule has 1 N–H and O–H groups in total. The molecule has 0 aliphatic heterocycles. The fourth-order valence-corrected chi connectivity index (χ4v) is 3.15. The van der Waals surface area contributed by atoms with E-state index in [1.54, 1.807) is 0 Å².